The fourth-order valence-corrected chi connectivity index (χ4v) is 3.41. The summed E-state index contributed by atoms with van der Waals surface area (Å²) in [5.74, 6) is 0. The van der Waals surface area contributed by atoms with E-state index in [-0.39, 0.29) is 6.61 Å². The summed E-state index contributed by atoms with van der Waals surface area (Å²) in [4.78, 5) is 6.94. The molecule has 1 aliphatic carbocycles. The molecule has 96 valence electrons. The molecule has 1 aromatic heterocycles. The third kappa shape index (κ3) is 3.76. The van der Waals surface area contributed by atoms with E-state index < -0.39 is 0 Å². The number of thiazole rings is 1. The zero-order valence-corrected chi connectivity index (χ0v) is 11.4. The van der Waals surface area contributed by atoms with Gasteiger partial charge in [-0.25, -0.2) is 4.98 Å². The van der Waals surface area contributed by atoms with Gasteiger partial charge in [0.25, 0.3) is 0 Å². The first-order chi connectivity index (χ1) is 8.29. The Bertz CT molecular complexity index is 334. The van der Waals surface area contributed by atoms with Crippen molar-refractivity contribution in [1.82, 2.24) is 9.88 Å². The molecule has 0 spiro atoms. The largest absolute Gasteiger partial charge is 0.395 e. The third-order valence-electron chi connectivity index (χ3n) is 3.48. The molecular weight excluding hydrogens is 232 g/mol. The molecule has 0 aliphatic heterocycles. The monoisotopic (exact) mass is 254 g/mol. The predicted octanol–water partition coefficient (Wildman–Crippen LogP) is 2.58. The van der Waals surface area contributed by atoms with Crippen LogP contribution in [-0.2, 0) is 6.54 Å². The molecule has 0 saturated heterocycles. The zero-order chi connectivity index (χ0) is 12.1. The minimum atomic E-state index is 0.251. The van der Waals surface area contributed by atoms with E-state index in [1.807, 2.05) is 6.92 Å². The summed E-state index contributed by atoms with van der Waals surface area (Å²) in [6.07, 6.45) is 6.61. The topological polar surface area (TPSA) is 36.4 Å². The zero-order valence-electron chi connectivity index (χ0n) is 10.6. The van der Waals surface area contributed by atoms with Crippen LogP contribution in [0.15, 0.2) is 5.38 Å². The second-order valence-corrected chi connectivity index (χ2v) is 5.81. The van der Waals surface area contributed by atoms with Crippen LogP contribution in [0.3, 0.4) is 0 Å². The summed E-state index contributed by atoms with van der Waals surface area (Å²) in [5.41, 5.74) is 1.11. The van der Waals surface area contributed by atoms with Gasteiger partial charge in [-0.2, -0.15) is 0 Å². The molecule has 0 atom stereocenters. The van der Waals surface area contributed by atoms with Crippen molar-refractivity contribution in [3.8, 4) is 0 Å². The van der Waals surface area contributed by atoms with Crippen molar-refractivity contribution in [2.24, 2.45) is 0 Å². The lowest BCUT2D eigenvalue weighted by Gasteiger charge is -2.33. The maximum Gasteiger partial charge on any atom is 0.107 e. The fraction of sp³-hybridized carbons (Fsp3) is 0.769. The van der Waals surface area contributed by atoms with Gasteiger partial charge in [-0.15, -0.1) is 11.3 Å². The number of rotatable bonds is 5. The van der Waals surface area contributed by atoms with Gasteiger partial charge in [0.15, 0.2) is 0 Å². The van der Waals surface area contributed by atoms with Crippen LogP contribution in [0.2, 0.25) is 0 Å². The van der Waals surface area contributed by atoms with Crippen LogP contribution in [-0.4, -0.2) is 34.2 Å². The number of aromatic nitrogens is 1. The maximum atomic E-state index is 9.19. The van der Waals surface area contributed by atoms with Crippen LogP contribution in [0.4, 0.5) is 0 Å². The van der Waals surface area contributed by atoms with Crippen LogP contribution < -0.4 is 0 Å². The number of aryl methyl sites for hydroxylation is 1. The van der Waals surface area contributed by atoms with Crippen LogP contribution in [0.5, 0.6) is 0 Å². The number of hydrogen-bond acceptors (Lipinski definition) is 4. The minimum Gasteiger partial charge on any atom is -0.395 e. The van der Waals surface area contributed by atoms with E-state index in [0.29, 0.717) is 6.04 Å². The van der Waals surface area contributed by atoms with Crippen LogP contribution in [0, 0.1) is 6.92 Å². The van der Waals surface area contributed by atoms with Gasteiger partial charge in [0.2, 0.25) is 0 Å². The molecule has 0 amide bonds. The molecule has 0 bridgehead atoms. The standard InChI is InChI=1S/C13H22N2OS/c1-11-10-17-13(14-11)9-15(7-8-16)12-5-3-2-4-6-12/h10,12,16H,2-9H2,1H3. The van der Waals surface area contributed by atoms with Gasteiger partial charge in [0.05, 0.1) is 13.2 Å². The molecule has 2 rings (SSSR count). The molecule has 1 N–H and O–H groups in total. The van der Waals surface area contributed by atoms with Crippen LogP contribution in [0.1, 0.15) is 42.8 Å². The van der Waals surface area contributed by atoms with E-state index in [4.69, 9.17) is 0 Å². The first-order valence-corrected chi connectivity index (χ1v) is 7.43. The lowest BCUT2D eigenvalue weighted by Crippen LogP contribution is -2.38. The molecule has 3 nitrogen and oxygen atoms in total. The Balaban J connectivity index is 1.95. The third-order valence-corrected chi connectivity index (χ3v) is 4.43. The van der Waals surface area contributed by atoms with Crippen molar-refractivity contribution in [2.75, 3.05) is 13.2 Å². The van der Waals surface area contributed by atoms with E-state index in [9.17, 15) is 5.11 Å². The Morgan fingerprint density at radius 2 is 2.18 bits per heavy atom. The highest BCUT2D eigenvalue weighted by Crippen LogP contribution is 2.24. The lowest BCUT2D eigenvalue weighted by atomic mass is 9.94. The molecule has 0 unspecified atom stereocenters. The molecule has 4 heteroatoms. The van der Waals surface area contributed by atoms with E-state index in [2.05, 4.69) is 15.3 Å². The smallest absolute Gasteiger partial charge is 0.107 e. The van der Waals surface area contributed by atoms with Crippen molar-refractivity contribution in [3.63, 3.8) is 0 Å². The van der Waals surface area contributed by atoms with Gasteiger partial charge in [0, 0.05) is 23.7 Å². The Hall–Kier alpha value is -0.450. The second kappa shape index (κ2) is 6.47. The predicted molar refractivity (Wildman–Crippen MR) is 71.2 cm³/mol. The first-order valence-electron chi connectivity index (χ1n) is 6.55. The maximum absolute atomic E-state index is 9.19. The van der Waals surface area contributed by atoms with Gasteiger partial charge >= 0.3 is 0 Å². The van der Waals surface area contributed by atoms with Crippen LogP contribution >= 0.6 is 11.3 Å². The Morgan fingerprint density at radius 1 is 1.41 bits per heavy atom. The average molecular weight is 254 g/mol. The van der Waals surface area contributed by atoms with Gasteiger partial charge in [-0.3, -0.25) is 4.90 Å². The van der Waals surface area contributed by atoms with Crippen molar-refractivity contribution in [1.29, 1.82) is 0 Å². The van der Waals surface area contributed by atoms with E-state index in [1.165, 1.54) is 37.1 Å². The number of nitrogens with zero attached hydrogens (tertiary/aromatic N) is 2. The Morgan fingerprint density at radius 3 is 2.76 bits per heavy atom. The molecular formula is C13H22N2OS. The average Bonchev–Trinajstić information content (AvgIpc) is 2.75. The van der Waals surface area contributed by atoms with E-state index in [1.54, 1.807) is 11.3 Å². The Labute approximate surface area is 107 Å². The van der Waals surface area contributed by atoms with Crippen molar-refractivity contribution in [2.45, 2.75) is 51.6 Å². The van der Waals surface area contributed by atoms with Crippen LogP contribution in [0.25, 0.3) is 0 Å². The van der Waals surface area contributed by atoms with Gasteiger partial charge in [-0.05, 0) is 19.8 Å². The molecule has 1 heterocycles. The highest BCUT2D eigenvalue weighted by molar-refractivity contribution is 7.09. The number of hydrogen-bond donors (Lipinski definition) is 1. The quantitative estimate of drug-likeness (QED) is 0.877. The minimum absolute atomic E-state index is 0.251. The highest BCUT2D eigenvalue weighted by atomic mass is 32.1. The first kappa shape index (κ1) is 13.0. The molecule has 17 heavy (non-hydrogen) atoms. The summed E-state index contributed by atoms with van der Waals surface area (Å²) in [7, 11) is 0. The molecule has 0 radical (unpaired) electrons. The van der Waals surface area contributed by atoms with Gasteiger partial charge in [0.1, 0.15) is 5.01 Å². The summed E-state index contributed by atoms with van der Waals surface area (Å²) < 4.78 is 0. The lowest BCUT2D eigenvalue weighted by molar-refractivity contribution is 0.117. The highest BCUT2D eigenvalue weighted by Gasteiger charge is 2.21. The van der Waals surface area contributed by atoms with Crippen molar-refractivity contribution >= 4 is 11.3 Å². The summed E-state index contributed by atoms with van der Waals surface area (Å²) in [5, 5.41) is 12.5. The number of aliphatic hydroxyl groups is 1. The number of aliphatic hydroxyl groups excluding tert-OH is 1. The molecule has 1 saturated carbocycles. The Kier molecular flexibility index (Phi) is 4.95. The second-order valence-electron chi connectivity index (χ2n) is 4.87. The summed E-state index contributed by atoms with van der Waals surface area (Å²) in [6, 6.07) is 0.653. The van der Waals surface area contributed by atoms with E-state index >= 15 is 0 Å². The summed E-state index contributed by atoms with van der Waals surface area (Å²) in [6.45, 7) is 3.98. The fourth-order valence-electron chi connectivity index (χ4n) is 2.61. The van der Waals surface area contributed by atoms with E-state index in [0.717, 1.165) is 18.8 Å². The van der Waals surface area contributed by atoms with Gasteiger partial charge < -0.3 is 5.11 Å². The van der Waals surface area contributed by atoms with Gasteiger partial charge in [-0.1, -0.05) is 19.3 Å². The molecule has 0 aromatic carbocycles. The molecule has 1 aliphatic rings. The SMILES string of the molecule is Cc1csc(CN(CCO)C2CCCCC2)n1. The normalized spacial score (nSPS) is 17.8. The molecule has 1 fully saturated rings. The van der Waals surface area contributed by atoms with Crippen molar-refractivity contribution < 1.29 is 5.11 Å². The van der Waals surface area contributed by atoms with Crippen molar-refractivity contribution in [3.05, 3.63) is 16.1 Å². The summed E-state index contributed by atoms with van der Waals surface area (Å²) >= 11 is 1.73. The molecule has 1 aromatic rings.